The number of halogens is 2. The van der Waals surface area contributed by atoms with Gasteiger partial charge in [-0.25, -0.2) is 0 Å². The molecule has 0 aromatic heterocycles. The van der Waals surface area contributed by atoms with Crippen LogP contribution in [0.4, 0.5) is 11.4 Å². The third-order valence-corrected chi connectivity index (χ3v) is 6.34. The summed E-state index contributed by atoms with van der Waals surface area (Å²) in [5, 5.41) is 3.14. The van der Waals surface area contributed by atoms with Crippen LogP contribution in [0.3, 0.4) is 0 Å². The lowest BCUT2D eigenvalue weighted by molar-refractivity contribution is -0.151. The molecule has 0 bridgehead atoms. The van der Waals surface area contributed by atoms with Gasteiger partial charge in [-0.2, -0.15) is 0 Å². The Labute approximate surface area is 188 Å². The van der Waals surface area contributed by atoms with Crippen LogP contribution in [0, 0.1) is 26.7 Å². The van der Waals surface area contributed by atoms with Crippen molar-refractivity contribution < 1.29 is 19.1 Å². The van der Waals surface area contributed by atoms with E-state index in [1.807, 2.05) is 39.0 Å². The summed E-state index contributed by atoms with van der Waals surface area (Å²) in [5.74, 6) is -1.77. The van der Waals surface area contributed by atoms with Gasteiger partial charge in [0.25, 0.3) is 5.91 Å². The molecule has 8 heteroatoms. The number of amides is 2. The number of esters is 1. The minimum atomic E-state index is -0.601. The van der Waals surface area contributed by atoms with Crippen LogP contribution in [-0.4, -0.2) is 30.9 Å². The second-order valence-corrected chi connectivity index (χ2v) is 8.67. The van der Waals surface area contributed by atoms with E-state index in [9.17, 15) is 14.4 Å². The van der Waals surface area contributed by atoms with Crippen LogP contribution in [0.5, 0.6) is 0 Å². The fourth-order valence-corrected chi connectivity index (χ4v) is 3.85. The number of hydrogen-bond donors (Lipinski definition) is 1. The molecule has 6 nitrogen and oxygen atoms in total. The van der Waals surface area contributed by atoms with E-state index in [4.69, 9.17) is 16.3 Å². The van der Waals surface area contributed by atoms with Crippen molar-refractivity contribution in [3.63, 3.8) is 0 Å². The first-order valence-corrected chi connectivity index (χ1v) is 10.6. The van der Waals surface area contributed by atoms with Crippen molar-refractivity contribution in [2.75, 3.05) is 23.4 Å². The molecule has 1 saturated heterocycles. The highest BCUT2D eigenvalue weighted by molar-refractivity contribution is 9.10. The normalized spacial score (nSPS) is 16.0. The first-order chi connectivity index (χ1) is 14.2. The van der Waals surface area contributed by atoms with Gasteiger partial charge in [0.05, 0.1) is 10.9 Å². The zero-order valence-corrected chi connectivity index (χ0v) is 19.3. The molecule has 1 aliphatic heterocycles. The summed E-state index contributed by atoms with van der Waals surface area (Å²) in [6.45, 7) is 5.61. The molecule has 0 unspecified atom stereocenters. The molecule has 1 aliphatic rings. The monoisotopic (exact) mass is 492 g/mol. The van der Waals surface area contributed by atoms with Gasteiger partial charge < -0.3 is 15.0 Å². The molecular weight excluding hydrogens is 472 g/mol. The van der Waals surface area contributed by atoms with E-state index in [-0.39, 0.29) is 18.9 Å². The first-order valence-electron chi connectivity index (χ1n) is 9.45. The summed E-state index contributed by atoms with van der Waals surface area (Å²) >= 11 is 9.38. The molecular formula is C22H22BrClN2O4. The highest BCUT2D eigenvalue weighted by atomic mass is 79.9. The van der Waals surface area contributed by atoms with Gasteiger partial charge in [0, 0.05) is 28.8 Å². The summed E-state index contributed by atoms with van der Waals surface area (Å²) in [7, 11) is 0. The number of nitrogens with one attached hydrogen (secondary N) is 1. The van der Waals surface area contributed by atoms with E-state index in [0.717, 1.165) is 26.9 Å². The van der Waals surface area contributed by atoms with Crippen LogP contribution in [-0.2, 0) is 19.1 Å². The first kappa shape index (κ1) is 22.3. The standard InChI is InChI=1S/C22H22BrClN2O4/c1-12-4-5-16(6-13(12)2)26-10-15(8-21(26)28)22(29)30-11-20(27)25-19-9-18(24)17(23)7-14(19)3/h4-7,9,15H,8,10-11H2,1-3H3,(H,25,27)/t15-/m1/s1. The Morgan fingerprint density at radius 3 is 2.60 bits per heavy atom. The van der Waals surface area contributed by atoms with E-state index >= 15 is 0 Å². The van der Waals surface area contributed by atoms with Crippen molar-refractivity contribution in [1.29, 1.82) is 0 Å². The molecule has 0 aliphatic carbocycles. The average Bonchev–Trinajstić information content (AvgIpc) is 3.08. The highest BCUT2D eigenvalue weighted by Gasteiger charge is 2.36. The van der Waals surface area contributed by atoms with Gasteiger partial charge in [-0.1, -0.05) is 17.7 Å². The number of carbonyl (C=O) groups excluding carboxylic acids is 3. The molecule has 158 valence electrons. The van der Waals surface area contributed by atoms with E-state index in [1.54, 1.807) is 17.0 Å². The summed E-state index contributed by atoms with van der Waals surface area (Å²) in [6.07, 6.45) is 0.0643. The molecule has 2 aromatic carbocycles. The molecule has 2 amide bonds. The number of nitrogens with zero attached hydrogens (tertiary/aromatic N) is 1. The van der Waals surface area contributed by atoms with Gasteiger partial charge in [0.15, 0.2) is 6.61 Å². The third kappa shape index (κ3) is 5.02. The molecule has 1 heterocycles. The lowest BCUT2D eigenvalue weighted by Gasteiger charge is -2.18. The molecule has 3 rings (SSSR count). The number of ether oxygens (including phenoxy) is 1. The van der Waals surface area contributed by atoms with E-state index < -0.39 is 24.4 Å². The van der Waals surface area contributed by atoms with Gasteiger partial charge in [-0.05, 0) is 77.7 Å². The predicted octanol–water partition coefficient (Wildman–Crippen LogP) is 4.56. The number of carbonyl (C=O) groups is 3. The lowest BCUT2D eigenvalue weighted by Crippen LogP contribution is -2.28. The van der Waals surface area contributed by atoms with Gasteiger partial charge in [-0.15, -0.1) is 0 Å². The van der Waals surface area contributed by atoms with Crippen molar-refractivity contribution in [2.24, 2.45) is 5.92 Å². The highest BCUT2D eigenvalue weighted by Crippen LogP contribution is 2.29. The number of benzene rings is 2. The molecule has 0 spiro atoms. The fourth-order valence-electron chi connectivity index (χ4n) is 3.23. The van der Waals surface area contributed by atoms with E-state index in [1.165, 1.54) is 0 Å². The molecule has 1 N–H and O–H groups in total. The maximum Gasteiger partial charge on any atom is 0.311 e. The van der Waals surface area contributed by atoms with Crippen LogP contribution in [0.2, 0.25) is 5.02 Å². The van der Waals surface area contributed by atoms with Crippen LogP contribution in [0.1, 0.15) is 23.1 Å². The van der Waals surface area contributed by atoms with Crippen LogP contribution in [0.25, 0.3) is 0 Å². The molecule has 1 atom stereocenters. The Balaban J connectivity index is 1.56. The van der Waals surface area contributed by atoms with E-state index in [0.29, 0.717) is 10.7 Å². The topological polar surface area (TPSA) is 75.7 Å². The Kier molecular flexibility index (Phi) is 6.83. The van der Waals surface area contributed by atoms with Crippen molar-refractivity contribution in [2.45, 2.75) is 27.2 Å². The maximum absolute atomic E-state index is 12.4. The molecule has 0 saturated carbocycles. The predicted molar refractivity (Wildman–Crippen MR) is 120 cm³/mol. The van der Waals surface area contributed by atoms with Crippen LogP contribution in [0.15, 0.2) is 34.8 Å². The Morgan fingerprint density at radius 1 is 1.17 bits per heavy atom. The quantitative estimate of drug-likeness (QED) is 0.620. The van der Waals surface area contributed by atoms with Gasteiger partial charge in [-0.3, -0.25) is 14.4 Å². The largest absolute Gasteiger partial charge is 0.455 e. The van der Waals surface area contributed by atoms with Gasteiger partial charge in [0.1, 0.15) is 0 Å². The lowest BCUT2D eigenvalue weighted by atomic mass is 10.1. The number of anilines is 2. The third-order valence-electron chi connectivity index (χ3n) is 5.15. The smallest absolute Gasteiger partial charge is 0.311 e. The second-order valence-electron chi connectivity index (χ2n) is 7.41. The molecule has 1 fully saturated rings. The summed E-state index contributed by atoms with van der Waals surface area (Å²) < 4.78 is 5.88. The summed E-state index contributed by atoms with van der Waals surface area (Å²) in [5.41, 5.74) is 4.33. The van der Waals surface area contributed by atoms with Crippen LogP contribution >= 0.6 is 27.5 Å². The van der Waals surface area contributed by atoms with Crippen LogP contribution < -0.4 is 10.2 Å². The molecule has 2 aromatic rings. The minimum Gasteiger partial charge on any atom is -0.455 e. The zero-order valence-electron chi connectivity index (χ0n) is 16.9. The Hall–Kier alpha value is -2.38. The van der Waals surface area contributed by atoms with E-state index in [2.05, 4.69) is 21.2 Å². The summed E-state index contributed by atoms with van der Waals surface area (Å²) in [6, 6.07) is 9.16. The van der Waals surface area contributed by atoms with Gasteiger partial charge in [0.2, 0.25) is 5.91 Å². The number of hydrogen-bond acceptors (Lipinski definition) is 4. The number of rotatable bonds is 5. The van der Waals surface area contributed by atoms with Crippen molar-refractivity contribution in [3.8, 4) is 0 Å². The second kappa shape index (κ2) is 9.18. The number of aryl methyl sites for hydroxylation is 3. The Morgan fingerprint density at radius 2 is 1.90 bits per heavy atom. The van der Waals surface area contributed by atoms with Crippen molar-refractivity contribution in [3.05, 3.63) is 56.5 Å². The minimum absolute atomic E-state index is 0.0643. The zero-order chi connectivity index (χ0) is 22.0. The molecule has 30 heavy (non-hydrogen) atoms. The maximum atomic E-state index is 12.4. The SMILES string of the molecule is Cc1ccc(N2C[C@H](C(=O)OCC(=O)Nc3cc(Cl)c(Br)cc3C)CC2=O)cc1C. The fraction of sp³-hybridized carbons (Fsp3) is 0.318. The summed E-state index contributed by atoms with van der Waals surface area (Å²) in [4.78, 5) is 38.6. The Bertz CT molecular complexity index is 1020. The van der Waals surface area contributed by atoms with Gasteiger partial charge >= 0.3 is 5.97 Å². The molecule has 0 radical (unpaired) electrons. The average molecular weight is 494 g/mol. The van der Waals surface area contributed by atoms with Crippen molar-refractivity contribution >= 4 is 56.7 Å². The van der Waals surface area contributed by atoms with Crippen molar-refractivity contribution in [1.82, 2.24) is 0 Å².